The van der Waals surface area contributed by atoms with Crippen molar-refractivity contribution in [3.8, 4) is 5.75 Å². The van der Waals surface area contributed by atoms with Crippen LogP contribution >= 0.6 is 11.8 Å². The highest BCUT2D eigenvalue weighted by molar-refractivity contribution is 7.99. The lowest BCUT2D eigenvalue weighted by Crippen LogP contribution is -2.50. The summed E-state index contributed by atoms with van der Waals surface area (Å²) in [6.07, 6.45) is 0.517. The zero-order chi connectivity index (χ0) is 22.8. The monoisotopic (exact) mass is 446 g/mol. The second kappa shape index (κ2) is 12.3. The molecular formula is C24H31FN2O3S. The molecule has 7 heteroatoms. The Morgan fingerprint density at radius 2 is 1.68 bits per heavy atom. The second-order valence-corrected chi connectivity index (χ2v) is 8.56. The van der Waals surface area contributed by atoms with Gasteiger partial charge in [-0.1, -0.05) is 31.2 Å². The molecule has 0 aromatic heterocycles. The van der Waals surface area contributed by atoms with Crippen LogP contribution in [0.5, 0.6) is 5.75 Å². The van der Waals surface area contributed by atoms with Crippen LogP contribution in [0, 0.1) is 5.82 Å². The average molecular weight is 447 g/mol. The lowest BCUT2D eigenvalue weighted by molar-refractivity contribution is -0.139. The Kier molecular flexibility index (Phi) is 9.85. The van der Waals surface area contributed by atoms with Gasteiger partial charge in [0.25, 0.3) is 0 Å². The van der Waals surface area contributed by atoms with Crippen LogP contribution in [0.3, 0.4) is 0 Å². The molecule has 31 heavy (non-hydrogen) atoms. The third kappa shape index (κ3) is 7.90. The number of rotatable bonds is 11. The van der Waals surface area contributed by atoms with Gasteiger partial charge in [-0.05, 0) is 55.7 Å². The molecule has 0 bridgehead atoms. The minimum Gasteiger partial charge on any atom is -0.497 e. The largest absolute Gasteiger partial charge is 0.497 e. The first-order valence-corrected chi connectivity index (χ1v) is 11.5. The Balaban J connectivity index is 2.12. The number of carbonyl (C=O) groups excluding carboxylic acids is 2. The number of ether oxygens (including phenoxy) is 1. The van der Waals surface area contributed by atoms with E-state index in [1.807, 2.05) is 45.0 Å². The summed E-state index contributed by atoms with van der Waals surface area (Å²) in [5.74, 6) is 1.03. The summed E-state index contributed by atoms with van der Waals surface area (Å²) in [5, 5.41) is 2.93. The smallest absolute Gasteiger partial charge is 0.243 e. The Morgan fingerprint density at radius 3 is 2.23 bits per heavy atom. The third-order valence-corrected chi connectivity index (χ3v) is 5.72. The summed E-state index contributed by atoms with van der Waals surface area (Å²) in [6, 6.07) is 13.2. The predicted octanol–water partition coefficient (Wildman–Crippen LogP) is 4.40. The summed E-state index contributed by atoms with van der Waals surface area (Å²) in [7, 11) is 1.60. The fraction of sp³-hybridized carbons (Fsp3) is 0.417. The SMILES string of the molecule is CCC(C(=O)NC(C)C)N(Cc1ccc(OC)cc1)C(=O)CSCc1ccc(F)cc1. The van der Waals surface area contributed by atoms with Crippen molar-refractivity contribution in [2.75, 3.05) is 12.9 Å². The van der Waals surface area contributed by atoms with Crippen LogP contribution < -0.4 is 10.1 Å². The fourth-order valence-electron chi connectivity index (χ4n) is 3.15. The molecule has 0 radical (unpaired) electrons. The Bertz CT molecular complexity index is 841. The summed E-state index contributed by atoms with van der Waals surface area (Å²) in [6.45, 7) is 6.05. The summed E-state index contributed by atoms with van der Waals surface area (Å²) in [4.78, 5) is 27.6. The number of halogens is 1. The Hall–Kier alpha value is -2.54. The van der Waals surface area contributed by atoms with E-state index in [-0.39, 0.29) is 29.4 Å². The Morgan fingerprint density at radius 1 is 1.06 bits per heavy atom. The molecule has 1 atom stereocenters. The van der Waals surface area contributed by atoms with Gasteiger partial charge in [0.15, 0.2) is 0 Å². The van der Waals surface area contributed by atoms with Gasteiger partial charge in [-0.3, -0.25) is 9.59 Å². The van der Waals surface area contributed by atoms with Crippen molar-refractivity contribution in [1.82, 2.24) is 10.2 Å². The third-order valence-electron chi connectivity index (χ3n) is 4.74. The van der Waals surface area contributed by atoms with Crippen molar-refractivity contribution < 1.29 is 18.7 Å². The molecule has 2 rings (SSSR count). The van der Waals surface area contributed by atoms with Crippen LogP contribution in [0.25, 0.3) is 0 Å². The molecule has 0 aliphatic rings. The van der Waals surface area contributed by atoms with E-state index in [0.29, 0.717) is 18.7 Å². The molecule has 1 N–H and O–H groups in total. The van der Waals surface area contributed by atoms with Gasteiger partial charge in [0, 0.05) is 18.3 Å². The molecule has 0 saturated heterocycles. The maximum absolute atomic E-state index is 13.1. The second-order valence-electron chi connectivity index (χ2n) is 7.58. The van der Waals surface area contributed by atoms with Crippen molar-refractivity contribution in [3.63, 3.8) is 0 Å². The van der Waals surface area contributed by atoms with Crippen molar-refractivity contribution in [1.29, 1.82) is 0 Å². The van der Waals surface area contributed by atoms with Crippen molar-refractivity contribution in [2.45, 2.75) is 51.6 Å². The molecule has 2 aromatic carbocycles. The maximum Gasteiger partial charge on any atom is 0.243 e. The molecule has 1 unspecified atom stereocenters. The number of carbonyl (C=O) groups is 2. The van der Waals surface area contributed by atoms with E-state index in [2.05, 4.69) is 5.32 Å². The molecule has 0 aliphatic carbocycles. The van der Waals surface area contributed by atoms with Gasteiger partial charge in [-0.2, -0.15) is 0 Å². The molecule has 0 heterocycles. The predicted molar refractivity (Wildman–Crippen MR) is 123 cm³/mol. The average Bonchev–Trinajstić information content (AvgIpc) is 2.74. The lowest BCUT2D eigenvalue weighted by Gasteiger charge is -2.31. The minimum absolute atomic E-state index is 0.00709. The molecule has 2 amide bonds. The van der Waals surface area contributed by atoms with Crippen LogP contribution in [0.4, 0.5) is 4.39 Å². The molecule has 0 aliphatic heterocycles. The molecule has 2 aromatic rings. The maximum atomic E-state index is 13.1. The number of methoxy groups -OCH3 is 1. The minimum atomic E-state index is -0.552. The van der Waals surface area contributed by atoms with Gasteiger partial charge in [-0.25, -0.2) is 4.39 Å². The molecule has 5 nitrogen and oxygen atoms in total. The van der Waals surface area contributed by atoms with E-state index in [9.17, 15) is 14.0 Å². The molecule has 0 spiro atoms. The number of nitrogens with zero attached hydrogens (tertiary/aromatic N) is 1. The van der Waals surface area contributed by atoms with Crippen LogP contribution in [-0.2, 0) is 21.9 Å². The highest BCUT2D eigenvalue weighted by Gasteiger charge is 2.28. The standard InChI is InChI=1S/C24H31FN2O3S/c1-5-22(24(29)26-17(2)3)27(14-18-8-12-21(30-4)13-9-18)23(28)16-31-15-19-6-10-20(25)11-7-19/h6-13,17,22H,5,14-16H2,1-4H3,(H,26,29). The first-order chi connectivity index (χ1) is 14.8. The number of hydrogen-bond acceptors (Lipinski definition) is 4. The highest BCUT2D eigenvalue weighted by atomic mass is 32.2. The summed E-state index contributed by atoms with van der Waals surface area (Å²) in [5.41, 5.74) is 1.87. The number of benzene rings is 2. The summed E-state index contributed by atoms with van der Waals surface area (Å²) >= 11 is 1.45. The number of thioether (sulfide) groups is 1. The van der Waals surface area contributed by atoms with Gasteiger partial charge in [-0.15, -0.1) is 11.8 Å². The van der Waals surface area contributed by atoms with Crippen molar-refractivity contribution in [3.05, 3.63) is 65.5 Å². The van der Waals surface area contributed by atoms with Gasteiger partial charge in [0.2, 0.25) is 11.8 Å². The fourth-order valence-corrected chi connectivity index (χ4v) is 4.02. The van der Waals surface area contributed by atoms with E-state index in [1.165, 1.54) is 23.9 Å². The number of hydrogen-bond donors (Lipinski definition) is 1. The van der Waals surface area contributed by atoms with Crippen LogP contribution in [0.2, 0.25) is 0 Å². The van der Waals surface area contributed by atoms with Crippen LogP contribution in [-0.4, -0.2) is 41.7 Å². The van der Waals surface area contributed by atoms with Crippen LogP contribution in [0.15, 0.2) is 48.5 Å². The van der Waals surface area contributed by atoms with Gasteiger partial charge in [0.05, 0.1) is 12.9 Å². The van der Waals surface area contributed by atoms with E-state index in [4.69, 9.17) is 4.74 Å². The molecular weight excluding hydrogens is 415 g/mol. The molecule has 0 fully saturated rings. The zero-order valence-electron chi connectivity index (χ0n) is 18.6. The first kappa shape index (κ1) is 24.7. The van der Waals surface area contributed by atoms with Crippen molar-refractivity contribution in [2.24, 2.45) is 0 Å². The normalized spacial score (nSPS) is 11.8. The quantitative estimate of drug-likeness (QED) is 0.556. The number of nitrogens with one attached hydrogen (secondary N) is 1. The van der Waals surface area contributed by atoms with Gasteiger partial charge < -0.3 is 15.0 Å². The Labute approximate surface area is 188 Å². The van der Waals surface area contributed by atoms with Gasteiger partial charge >= 0.3 is 0 Å². The lowest BCUT2D eigenvalue weighted by atomic mass is 10.1. The zero-order valence-corrected chi connectivity index (χ0v) is 19.4. The van der Waals surface area contributed by atoms with E-state index < -0.39 is 6.04 Å². The van der Waals surface area contributed by atoms with E-state index in [0.717, 1.165) is 16.9 Å². The number of amides is 2. The van der Waals surface area contributed by atoms with Gasteiger partial charge in [0.1, 0.15) is 17.6 Å². The van der Waals surface area contributed by atoms with Crippen LogP contribution in [0.1, 0.15) is 38.3 Å². The first-order valence-electron chi connectivity index (χ1n) is 10.4. The molecule has 168 valence electrons. The van der Waals surface area contributed by atoms with Crippen molar-refractivity contribution >= 4 is 23.6 Å². The summed E-state index contributed by atoms with van der Waals surface area (Å²) < 4.78 is 18.3. The molecule has 0 saturated carbocycles. The highest BCUT2D eigenvalue weighted by Crippen LogP contribution is 2.19. The topological polar surface area (TPSA) is 58.6 Å². The van der Waals surface area contributed by atoms with E-state index in [1.54, 1.807) is 24.1 Å². The van der Waals surface area contributed by atoms with E-state index >= 15 is 0 Å².